The molecule has 0 saturated heterocycles. The number of rotatable bonds is 1. The molecule has 0 N–H and O–H groups in total. The fraction of sp³-hybridized carbons (Fsp3) is 0.0833. The molecule has 1 aromatic carbocycles. The van der Waals surface area contributed by atoms with Gasteiger partial charge in [-0.05, 0) is 24.5 Å². The van der Waals surface area contributed by atoms with Crippen molar-refractivity contribution in [1.82, 2.24) is 4.98 Å². The van der Waals surface area contributed by atoms with Crippen molar-refractivity contribution in [1.29, 1.82) is 0 Å². The maximum Gasteiger partial charge on any atom is 0.161 e. The fourth-order valence-corrected chi connectivity index (χ4v) is 1.27. The Bertz CT molecular complexity index is 609. The van der Waals surface area contributed by atoms with Crippen LogP contribution in [0, 0.1) is 24.3 Å². The summed E-state index contributed by atoms with van der Waals surface area (Å²) < 4.78 is 60.8. The summed E-state index contributed by atoms with van der Waals surface area (Å²) in [5.74, 6) is -3.45. The Balaban J connectivity index is 2.46. The highest BCUT2D eigenvalue weighted by atomic mass is 19.2. The van der Waals surface area contributed by atoms with Gasteiger partial charge in [0.1, 0.15) is 5.82 Å². The zero-order valence-electron chi connectivity index (χ0n) is 11.0. The van der Waals surface area contributed by atoms with E-state index in [2.05, 4.69) is 4.98 Å². The molecule has 0 amide bonds. The maximum atomic E-state index is 13.5. The Hall–Kier alpha value is -1.84. The summed E-state index contributed by atoms with van der Waals surface area (Å²) in [6, 6.07) is 3.60. The molecule has 1 nitrogen and oxygen atoms in total. The van der Waals surface area contributed by atoms with E-state index in [1.165, 1.54) is 12.1 Å². The van der Waals surface area contributed by atoms with E-state index in [4.69, 9.17) is 4.11 Å². The molecule has 0 aliphatic rings. The lowest BCUT2D eigenvalue weighted by Crippen LogP contribution is -1.93. The van der Waals surface area contributed by atoms with Crippen LogP contribution in [-0.4, -0.2) is 4.98 Å². The molecule has 0 radical (unpaired) electrons. The van der Waals surface area contributed by atoms with Crippen molar-refractivity contribution in [3.63, 3.8) is 0 Å². The number of aryl methyl sites for hydroxylation is 1. The summed E-state index contributed by atoms with van der Waals surface area (Å²) in [5.41, 5.74) is -0.209. The van der Waals surface area contributed by atoms with Gasteiger partial charge >= 0.3 is 0 Å². The van der Waals surface area contributed by atoms with Gasteiger partial charge in [0.05, 0.1) is 5.69 Å². The summed E-state index contributed by atoms with van der Waals surface area (Å²) in [4.78, 5) is 3.76. The first-order chi connectivity index (χ1) is 8.79. The van der Waals surface area contributed by atoms with Gasteiger partial charge in [-0.15, -0.1) is 0 Å². The molecule has 0 saturated carbocycles. The molecule has 0 unspecified atom stereocenters. The van der Waals surface area contributed by atoms with E-state index >= 15 is 0 Å². The predicted octanol–water partition coefficient (Wildman–Crippen LogP) is 3.47. The second-order valence-electron chi connectivity index (χ2n) is 3.18. The van der Waals surface area contributed by atoms with E-state index < -0.39 is 24.3 Å². The summed E-state index contributed by atoms with van der Waals surface area (Å²) in [7, 11) is 0. The van der Waals surface area contributed by atoms with Gasteiger partial charge < -0.3 is 0 Å². The molecule has 0 bridgehead atoms. The van der Waals surface area contributed by atoms with Crippen molar-refractivity contribution < 1.29 is 17.3 Å². The third kappa shape index (κ3) is 1.91. The van der Waals surface area contributed by atoms with E-state index in [0.717, 1.165) is 6.20 Å². The second kappa shape index (κ2) is 3.96. The van der Waals surface area contributed by atoms with E-state index in [9.17, 15) is 13.2 Å². The Morgan fingerprint density at radius 1 is 1.06 bits per heavy atom. The number of nitrogens with zero attached hydrogens (tertiary/aromatic N) is 1. The lowest BCUT2D eigenvalue weighted by atomic mass is 10.1. The molecule has 0 fully saturated rings. The largest absolute Gasteiger partial charge is 0.256 e. The van der Waals surface area contributed by atoms with Gasteiger partial charge in [-0.2, -0.15) is 0 Å². The first kappa shape index (κ1) is 7.44. The third-order valence-corrected chi connectivity index (χ3v) is 2.05. The van der Waals surface area contributed by atoms with Gasteiger partial charge in [0.25, 0.3) is 0 Å². The third-order valence-electron chi connectivity index (χ3n) is 2.05. The molecule has 16 heavy (non-hydrogen) atoms. The highest BCUT2D eigenvalue weighted by Gasteiger charge is 2.11. The minimum absolute atomic E-state index is 0.0146. The molecule has 82 valence electrons. The topological polar surface area (TPSA) is 12.9 Å². The zero-order chi connectivity index (χ0) is 14.2. The molecule has 1 aromatic heterocycles. The van der Waals surface area contributed by atoms with Gasteiger partial charge in [-0.3, -0.25) is 4.98 Å². The first-order valence-corrected chi connectivity index (χ1v) is 4.40. The molecule has 0 aliphatic heterocycles. The van der Waals surface area contributed by atoms with Crippen LogP contribution in [0.5, 0.6) is 0 Å². The summed E-state index contributed by atoms with van der Waals surface area (Å²) >= 11 is 0. The molecule has 0 aliphatic carbocycles. The Morgan fingerprint density at radius 2 is 1.81 bits per heavy atom. The van der Waals surface area contributed by atoms with Crippen LogP contribution in [0.1, 0.15) is 9.68 Å². The lowest BCUT2D eigenvalue weighted by molar-refractivity contribution is 0.496. The molecule has 4 heteroatoms. The van der Waals surface area contributed by atoms with E-state index in [0.29, 0.717) is 12.1 Å². The number of benzene rings is 1. The molecule has 2 aromatic rings. The van der Waals surface area contributed by atoms with Crippen molar-refractivity contribution in [2.75, 3.05) is 0 Å². The van der Waals surface area contributed by atoms with Crippen LogP contribution in [-0.2, 0) is 0 Å². The molecular formula is C12H8F3N. The minimum atomic E-state index is -2.32. The Labute approximate surface area is 94.8 Å². The van der Waals surface area contributed by atoms with Gasteiger partial charge in [0.15, 0.2) is 11.6 Å². The Kier molecular flexibility index (Phi) is 1.84. The van der Waals surface area contributed by atoms with Crippen LogP contribution >= 0.6 is 0 Å². The van der Waals surface area contributed by atoms with Gasteiger partial charge in [0.2, 0.25) is 0 Å². The second-order valence-corrected chi connectivity index (χ2v) is 3.18. The monoisotopic (exact) mass is 226 g/mol. The van der Waals surface area contributed by atoms with Crippen molar-refractivity contribution in [2.24, 2.45) is 0 Å². The zero-order valence-corrected chi connectivity index (χ0v) is 7.97. The van der Waals surface area contributed by atoms with Gasteiger partial charge in [0, 0.05) is 21.9 Å². The average Bonchev–Trinajstić information content (AvgIpc) is 2.33. The molecular weight excluding hydrogens is 215 g/mol. The van der Waals surface area contributed by atoms with Gasteiger partial charge in [-0.1, -0.05) is 6.07 Å². The molecule has 0 atom stereocenters. The SMILES string of the molecule is [2H]C([2H])([2H])c1ccc(-c2cc(F)c(F)cc2F)nc1. The van der Waals surface area contributed by atoms with Crippen LogP contribution in [0.4, 0.5) is 13.2 Å². The predicted molar refractivity (Wildman–Crippen MR) is 54.3 cm³/mol. The van der Waals surface area contributed by atoms with Gasteiger partial charge in [-0.25, -0.2) is 13.2 Å². The van der Waals surface area contributed by atoms with Crippen LogP contribution in [0.3, 0.4) is 0 Å². The number of pyridine rings is 1. The summed E-state index contributed by atoms with van der Waals surface area (Å²) in [5, 5.41) is 0. The quantitative estimate of drug-likeness (QED) is 0.678. The maximum absolute atomic E-state index is 13.5. The smallest absolute Gasteiger partial charge is 0.161 e. The van der Waals surface area contributed by atoms with Crippen LogP contribution < -0.4 is 0 Å². The van der Waals surface area contributed by atoms with Crippen molar-refractivity contribution in [2.45, 2.75) is 6.85 Å². The van der Waals surface area contributed by atoms with Crippen LogP contribution in [0.25, 0.3) is 11.3 Å². The van der Waals surface area contributed by atoms with E-state index in [1.807, 2.05) is 0 Å². The normalized spacial score (nSPS) is 14.1. The van der Waals surface area contributed by atoms with E-state index in [-0.39, 0.29) is 16.8 Å². The van der Waals surface area contributed by atoms with Crippen LogP contribution in [0.2, 0.25) is 0 Å². The molecule has 1 heterocycles. The van der Waals surface area contributed by atoms with E-state index in [1.54, 1.807) is 0 Å². The van der Waals surface area contributed by atoms with Crippen LogP contribution in [0.15, 0.2) is 30.5 Å². The number of halogens is 3. The number of hydrogen-bond acceptors (Lipinski definition) is 1. The van der Waals surface area contributed by atoms with Crippen molar-refractivity contribution in [3.8, 4) is 11.3 Å². The fourth-order valence-electron chi connectivity index (χ4n) is 1.27. The minimum Gasteiger partial charge on any atom is -0.256 e. The molecule has 2 rings (SSSR count). The number of aromatic nitrogens is 1. The highest BCUT2D eigenvalue weighted by Crippen LogP contribution is 2.23. The Morgan fingerprint density at radius 3 is 2.44 bits per heavy atom. The standard InChI is InChI=1S/C12H8F3N/c1-7-2-3-12(16-6-7)8-4-10(14)11(15)5-9(8)13/h2-6H,1H3/i1D3. The lowest BCUT2D eigenvalue weighted by Gasteiger charge is -2.03. The summed E-state index contributed by atoms with van der Waals surface area (Å²) in [6.45, 7) is -2.32. The number of hydrogen-bond donors (Lipinski definition) is 0. The highest BCUT2D eigenvalue weighted by molar-refractivity contribution is 5.60. The molecule has 0 spiro atoms. The van der Waals surface area contributed by atoms with Crippen molar-refractivity contribution in [3.05, 3.63) is 53.5 Å². The van der Waals surface area contributed by atoms with Crippen molar-refractivity contribution >= 4 is 0 Å². The average molecular weight is 226 g/mol. The first-order valence-electron chi connectivity index (χ1n) is 5.90. The summed E-state index contributed by atoms with van der Waals surface area (Å²) in [6.07, 6.45) is 1.06.